The van der Waals surface area contributed by atoms with E-state index in [1.807, 2.05) is 11.8 Å². The molecule has 0 bridgehead atoms. The molecule has 194 valence electrons. The Kier molecular flexibility index (Phi) is 17.7. The first kappa shape index (κ1) is 30.9. The van der Waals surface area contributed by atoms with Crippen molar-refractivity contribution in [3.05, 3.63) is 0 Å². The molecule has 13 heteroatoms. The van der Waals surface area contributed by atoms with E-state index in [0.29, 0.717) is 51.7 Å². The normalized spacial score (nSPS) is 11.4. The molecule has 0 heterocycles. The van der Waals surface area contributed by atoms with Gasteiger partial charge in [0.2, 0.25) is 23.6 Å². The maximum Gasteiger partial charge on any atom is 0.317 e. The molecule has 34 heavy (non-hydrogen) atoms. The van der Waals surface area contributed by atoms with Gasteiger partial charge in [-0.25, -0.2) is 0 Å². The van der Waals surface area contributed by atoms with Crippen molar-refractivity contribution >= 4 is 35.9 Å². The monoisotopic (exact) mass is 486 g/mol. The van der Waals surface area contributed by atoms with Gasteiger partial charge in [0.25, 0.3) is 0 Å². The maximum atomic E-state index is 12.4. The zero-order chi connectivity index (χ0) is 25.8. The third-order valence-corrected chi connectivity index (χ3v) is 4.80. The molecule has 0 radical (unpaired) electrons. The van der Waals surface area contributed by atoms with Gasteiger partial charge < -0.3 is 36.5 Å². The first-order chi connectivity index (χ1) is 16.2. The number of carbonyl (C=O) groups excluding carboxylic acids is 5. The van der Waals surface area contributed by atoms with E-state index in [4.69, 9.17) is 5.11 Å². The minimum Gasteiger partial charge on any atom is -0.480 e. The second-order valence-corrected chi connectivity index (χ2v) is 7.49. The van der Waals surface area contributed by atoms with E-state index in [2.05, 4.69) is 26.6 Å². The Labute approximate surface area is 199 Å². The minimum absolute atomic E-state index is 0.00511. The van der Waals surface area contributed by atoms with Gasteiger partial charge in [0.05, 0.1) is 19.6 Å². The third kappa shape index (κ3) is 16.6. The molecule has 0 fully saturated rings. The zero-order valence-corrected chi connectivity index (χ0v) is 20.0. The van der Waals surface area contributed by atoms with Crippen LogP contribution in [0.3, 0.4) is 0 Å². The first-order valence-corrected chi connectivity index (χ1v) is 11.4. The van der Waals surface area contributed by atoms with Gasteiger partial charge in [0.1, 0.15) is 12.3 Å². The second-order valence-electron chi connectivity index (χ2n) is 7.49. The van der Waals surface area contributed by atoms with E-state index in [1.165, 1.54) is 7.05 Å². The highest BCUT2D eigenvalue weighted by molar-refractivity contribution is 5.88. The number of unbranched alkanes of at least 4 members (excludes halogenated alkanes) is 1. The molecule has 4 amide bonds. The first-order valence-electron chi connectivity index (χ1n) is 11.4. The van der Waals surface area contributed by atoms with Crippen LogP contribution in [0.1, 0.15) is 39.0 Å². The molecule has 0 aliphatic heterocycles. The fraction of sp³-hybridized carbons (Fsp3) is 0.714. The van der Waals surface area contributed by atoms with Crippen LogP contribution in [0.5, 0.6) is 0 Å². The third-order valence-electron chi connectivity index (χ3n) is 4.80. The van der Waals surface area contributed by atoms with Crippen LogP contribution in [-0.4, -0.2) is 105 Å². The van der Waals surface area contributed by atoms with Crippen molar-refractivity contribution < 1.29 is 33.9 Å². The lowest BCUT2D eigenvalue weighted by molar-refractivity contribution is -0.136. The van der Waals surface area contributed by atoms with E-state index in [1.54, 1.807) is 0 Å². The van der Waals surface area contributed by atoms with E-state index in [0.717, 1.165) is 0 Å². The molecule has 0 rings (SSSR count). The fourth-order valence-electron chi connectivity index (χ4n) is 2.93. The number of nitrogens with zero attached hydrogens (tertiary/aromatic N) is 1. The van der Waals surface area contributed by atoms with Crippen LogP contribution >= 0.6 is 0 Å². The summed E-state index contributed by atoms with van der Waals surface area (Å²) >= 11 is 0. The molecular formula is C21H38N6O7. The molecule has 0 saturated heterocycles. The molecule has 0 aliphatic carbocycles. The molecule has 0 spiro atoms. The van der Waals surface area contributed by atoms with Crippen LogP contribution in [0.2, 0.25) is 0 Å². The summed E-state index contributed by atoms with van der Waals surface area (Å²) in [6.45, 7) is 3.59. The van der Waals surface area contributed by atoms with Crippen LogP contribution in [0.15, 0.2) is 0 Å². The van der Waals surface area contributed by atoms with Gasteiger partial charge in [-0.1, -0.05) is 6.92 Å². The van der Waals surface area contributed by atoms with Crippen LogP contribution in [-0.2, 0) is 28.8 Å². The van der Waals surface area contributed by atoms with Gasteiger partial charge >= 0.3 is 5.97 Å². The Morgan fingerprint density at radius 1 is 0.971 bits per heavy atom. The Balaban J connectivity index is 4.28. The van der Waals surface area contributed by atoms with Crippen molar-refractivity contribution in [1.82, 2.24) is 31.5 Å². The number of aldehydes is 1. The standard InChI is InChI=1S/C21H38N6O7/c1-3-27(12-10-23-14-20(32)33)15-19(31)26-16(21(34)22-2)6-4-5-9-24-17(29)7-8-18(30)25-11-13-28/h13,16,23H,3-12,14-15H2,1-2H3,(H,22,34)(H,24,29)(H,25,30)(H,26,31)(H,32,33). The lowest BCUT2D eigenvalue weighted by Crippen LogP contribution is -2.49. The molecule has 13 nitrogen and oxygen atoms in total. The minimum atomic E-state index is -0.952. The smallest absolute Gasteiger partial charge is 0.317 e. The van der Waals surface area contributed by atoms with Crippen molar-refractivity contribution in [2.45, 2.75) is 45.1 Å². The molecule has 0 aromatic heterocycles. The molecule has 0 saturated carbocycles. The van der Waals surface area contributed by atoms with Crippen molar-refractivity contribution in [3.8, 4) is 0 Å². The van der Waals surface area contributed by atoms with E-state index in [-0.39, 0.29) is 56.1 Å². The predicted molar refractivity (Wildman–Crippen MR) is 124 cm³/mol. The number of carboxylic acids is 1. The van der Waals surface area contributed by atoms with Crippen molar-refractivity contribution in [1.29, 1.82) is 0 Å². The summed E-state index contributed by atoms with van der Waals surface area (Å²) in [6, 6.07) is -0.710. The highest BCUT2D eigenvalue weighted by Crippen LogP contribution is 2.02. The summed E-state index contributed by atoms with van der Waals surface area (Å²) in [5.74, 6) is -2.23. The van der Waals surface area contributed by atoms with Crippen molar-refractivity contribution in [2.24, 2.45) is 0 Å². The van der Waals surface area contributed by atoms with E-state index < -0.39 is 12.0 Å². The summed E-state index contributed by atoms with van der Waals surface area (Å²) in [4.78, 5) is 70.2. The van der Waals surface area contributed by atoms with E-state index in [9.17, 15) is 28.8 Å². The maximum absolute atomic E-state index is 12.4. The Bertz CT molecular complexity index is 674. The highest BCUT2D eigenvalue weighted by Gasteiger charge is 2.20. The van der Waals surface area contributed by atoms with Crippen molar-refractivity contribution in [2.75, 3.05) is 52.9 Å². The second kappa shape index (κ2) is 19.4. The summed E-state index contributed by atoms with van der Waals surface area (Å²) in [5, 5.41) is 21.7. The Morgan fingerprint density at radius 3 is 2.24 bits per heavy atom. The summed E-state index contributed by atoms with van der Waals surface area (Å²) in [5.41, 5.74) is 0. The van der Waals surface area contributed by atoms with Gasteiger partial charge in [-0.05, 0) is 25.8 Å². The molecule has 0 aromatic rings. The molecular weight excluding hydrogens is 448 g/mol. The topological polar surface area (TPSA) is 186 Å². The average molecular weight is 487 g/mol. The SMILES string of the molecule is CCN(CCNCC(=O)O)CC(=O)NC(CCCCNC(=O)CCC(=O)NCC=O)C(=O)NC. The van der Waals surface area contributed by atoms with Gasteiger partial charge in [0.15, 0.2) is 0 Å². The lowest BCUT2D eigenvalue weighted by Gasteiger charge is -2.22. The molecule has 0 aliphatic rings. The fourth-order valence-corrected chi connectivity index (χ4v) is 2.93. The Morgan fingerprint density at radius 2 is 1.65 bits per heavy atom. The Hall–Kier alpha value is -3.06. The number of hydrogen-bond donors (Lipinski definition) is 6. The lowest BCUT2D eigenvalue weighted by atomic mass is 10.1. The number of amides is 4. The summed E-state index contributed by atoms with van der Waals surface area (Å²) < 4.78 is 0. The number of rotatable bonds is 20. The predicted octanol–water partition coefficient (Wildman–Crippen LogP) is -2.40. The van der Waals surface area contributed by atoms with Gasteiger partial charge in [-0.15, -0.1) is 0 Å². The quantitative estimate of drug-likeness (QED) is 0.0805. The summed E-state index contributed by atoms with van der Waals surface area (Å²) in [6.07, 6.45) is 2.13. The van der Waals surface area contributed by atoms with Gasteiger partial charge in [-0.2, -0.15) is 0 Å². The van der Waals surface area contributed by atoms with E-state index >= 15 is 0 Å². The molecule has 6 N–H and O–H groups in total. The van der Waals surface area contributed by atoms with Crippen molar-refractivity contribution in [3.63, 3.8) is 0 Å². The average Bonchev–Trinajstić information content (AvgIpc) is 2.81. The number of likely N-dealkylation sites (N-methyl/N-ethyl adjacent to an activating group) is 2. The van der Waals surface area contributed by atoms with Gasteiger partial charge in [-0.3, -0.25) is 28.9 Å². The highest BCUT2D eigenvalue weighted by atomic mass is 16.4. The number of carbonyl (C=O) groups is 6. The molecule has 0 aromatic carbocycles. The van der Waals surface area contributed by atoms with Gasteiger partial charge in [0, 0.05) is 39.5 Å². The number of aliphatic carboxylic acids is 1. The summed E-state index contributed by atoms with van der Waals surface area (Å²) in [7, 11) is 1.49. The molecule has 1 atom stereocenters. The molecule has 1 unspecified atom stereocenters. The van der Waals surface area contributed by atoms with Crippen LogP contribution in [0, 0.1) is 0 Å². The number of carboxylic acid groups (broad SMARTS) is 1. The van der Waals surface area contributed by atoms with Crippen LogP contribution < -0.4 is 26.6 Å². The van der Waals surface area contributed by atoms with Crippen LogP contribution in [0.4, 0.5) is 0 Å². The number of hydrogen-bond acceptors (Lipinski definition) is 8. The van der Waals surface area contributed by atoms with Crippen LogP contribution in [0.25, 0.3) is 0 Å². The zero-order valence-electron chi connectivity index (χ0n) is 20.0. The largest absolute Gasteiger partial charge is 0.480 e. The number of nitrogens with one attached hydrogen (secondary N) is 5.